The molecule has 1 aliphatic heterocycles. The molecule has 20 heavy (non-hydrogen) atoms. The van der Waals surface area contributed by atoms with Crippen molar-refractivity contribution in [2.45, 2.75) is 38.8 Å². The number of amides is 1. The van der Waals surface area contributed by atoms with E-state index in [1.54, 1.807) is 0 Å². The second-order valence-electron chi connectivity index (χ2n) is 5.45. The minimum atomic E-state index is 0.185. The maximum Gasteiger partial charge on any atom is 0.226 e. The van der Waals surface area contributed by atoms with E-state index in [4.69, 9.17) is 4.74 Å². The molecule has 1 heterocycles. The molecule has 0 radical (unpaired) electrons. The Hall–Kier alpha value is -1.55. The molecule has 0 saturated carbocycles. The molecule has 1 unspecified atom stereocenters. The maximum atomic E-state index is 12.4. The third kappa shape index (κ3) is 3.97. The zero-order chi connectivity index (χ0) is 14.4. The predicted molar refractivity (Wildman–Crippen MR) is 79.8 cm³/mol. The molecule has 2 rings (SSSR count). The van der Waals surface area contributed by atoms with Crippen LogP contribution in [-0.4, -0.2) is 42.6 Å². The number of carbonyl (C=O) groups excluding carboxylic acids is 1. The highest BCUT2D eigenvalue weighted by Crippen LogP contribution is 2.15. The van der Waals surface area contributed by atoms with Crippen molar-refractivity contribution in [1.82, 2.24) is 10.2 Å². The monoisotopic (exact) mass is 276 g/mol. The molecular formula is C16H24N2O2. The van der Waals surface area contributed by atoms with Crippen LogP contribution in [0.4, 0.5) is 0 Å². The standard InChI is InChI=1S/C16H24N2O2/c1-13(2)18(14-8-10-17-12-14)16(19)9-11-20-15-6-4-3-5-7-15/h3-7,13-14,17H,8-12H2,1-2H3. The van der Waals surface area contributed by atoms with Crippen LogP contribution >= 0.6 is 0 Å². The molecular weight excluding hydrogens is 252 g/mol. The minimum absolute atomic E-state index is 0.185. The zero-order valence-corrected chi connectivity index (χ0v) is 12.3. The molecule has 1 N–H and O–H groups in total. The zero-order valence-electron chi connectivity index (χ0n) is 12.3. The highest BCUT2D eigenvalue weighted by molar-refractivity contribution is 5.77. The fourth-order valence-corrected chi connectivity index (χ4v) is 2.69. The number of para-hydroxylation sites is 1. The topological polar surface area (TPSA) is 41.6 Å². The predicted octanol–water partition coefficient (Wildman–Crippen LogP) is 2.05. The maximum absolute atomic E-state index is 12.4. The average Bonchev–Trinajstić information content (AvgIpc) is 2.93. The Bertz CT molecular complexity index is 414. The lowest BCUT2D eigenvalue weighted by Gasteiger charge is -2.32. The van der Waals surface area contributed by atoms with Crippen LogP contribution in [0.2, 0.25) is 0 Å². The smallest absolute Gasteiger partial charge is 0.226 e. The van der Waals surface area contributed by atoms with Crippen molar-refractivity contribution in [1.29, 1.82) is 0 Å². The van der Waals surface area contributed by atoms with Crippen LogP contribution in [-0.2, 0) is 4.79 Å². The summed E-state index contributed by atoms with van der Waals surface area (Å²) >= 11 is 0. The Morgan fingerprint density at radius 1 is 1.40 bits per heavy atom. The van der Waals surface area contributed by atoms with Gasteiger partial charge in [0, 0.05) is 18.6 Å². The SMILES string of the molecule is CC(C)N(C(=O)CCOc1ccccc1)C1CCNC1. The van der Waals surface area contributed by atoms with Crippen molar-refractivity contribution in [3.63, 3.8) is 0 Å². The molecule has 1 aromatic rings. The van der Waals surface area contributed by atoms with Crippen LogP contribution < -0.4 is 10.1 Å². The van der Waals surface area contributed by atoms with Gasteiger partial charge in [-0.2, -0.15) is 0 Å². The van der Waals surface area contributed by atoms with Crippen LogP contribution in [0.1, 0.15) is 26.7 Å². The van der Waals surface area contributed by atoms with E-state index >= 15 is 0 Å². The van der Waals surface area contributed by atoms with Gasteiger partial charge in [0.2, 0.25) is 5.91 Å². The summed E-state index contributed by atoms with van der Waals surface area (Å²) in [4.78, 5) is 14.4. The first-order chi connectivity index (χ1) is 9.68. The summed E-state index contributed by atoms with van der Waals surface area (Å²) in [5, 5.41) is 3.32. The molecule has 1 saturated heterocycles. The molecule has 4 nitrogen and oxygen atoms in total. The number of carbonyl (C=O) groups is 1. The lowest BCUT2D eigenvalue weighted by atomic mass is 10.1. The first kappa shape index (κ1) is 14.9. The second kappa shape index (κ2) is 7.29. The molecule has 110 valence electrons. The van der Waals surface area contributed by atoms with Gasteiger partial charge in [0.25, 0.3) is 0 Å². The van der Waals surface area contributed by atoms with Gasteiger partial charge >= 0.3 is 0 Å². The highest BCUT2D eigenvalue weighted by Gasteiger charge is 2.28. The number of ether oxygens (including phenoxy) is 1. The fourth-order valence-electron chi connectivity index (χ4n) is 2.69. The first-order valence-electron chi connectivity index (χ1n) is 7.38. The van der Waals surface area contributed by atoms with Gasteiger partial charge < -0.3 is 15.0 Å². The van der Waals surface area contributed by atoms with Gasteiger partial charge in [-0.05, 0) is 38.9 Å². The Morgan fingerprint density at radius 2 is 2.15 bits per heavy atom. The summed E-state index contributed by atoms with van der Waals surface area (Å²) in [6.07, 6.45) is 1.48. The first-order valence-corrected chi connectivity index (χ1v) is 7.38. The molecule has 0 bridgehead atoms. The van der Waals surface area contributed by atoms with E-state index in [0.29, 0.717) is 19.1 Å². The van der Waals surface area contributed by atoms with Crippen molar-refractivity contribution >= 4 is 5.91 Å². The van der Waals surface area contributed by atoms with Crippen LogP contribution in [0.5, 0.6) is 5.75 Å². The molecule has 0 aliphatic carbocycles. The van der Waals surface area contributed by atoms with E-state index in [2.05, 4.69) is 19.2 Å². The third-order valence-corrected chi connectivity index (χ3v) is 3.60. The molecule has 1 fully saturated rings. The number of nitrogens with one attached hydrogen (secondary N) is 1. The molecule has 0 aromatic heterocycles. The van der Waals surface area contributed by atoms with Crippen molar-refractivity contribution in [2.75, 3.05) is 19.7 Å². The van der Waals surface area contributed by atoms with Gasteiger partial charge in [0.15, 0.2) is 0 Å². The van der Waals surface area contributed by atoms with E-state index in [-0.39, 0.29) is 11.9 Å². The Morgan fingerprint density at radius 3 is 2.75 bits per heavy atom. The lowest BCUT2D eigenvalue weighted by Crippen LogP contribution is -2.46. The van der Waals surface area contributed by atoms with Crippen LogP contribution in [0.15, 0.2) is 30.3 Å². The molecule has 4 heteroatoms. The van der Waals surface area contributed by atoms with Crippen LogP contribution in [0, 0.1) is 0 Å². The third-order valence-electron chi connectivity index (χ3n) is 3.60. The number of rotatable bonds is 6. The Balaban J connectivity index is 1.82. The van der Waals surface area contributed by atoms with Gasteiger partial charge in [0.05, 0.1) is 13.0 Å². The molecule has 1 aliphatic rings. The summed E-state index contributed by atoms with van der Waals surface area (Å²) in [5.74, 6) is 1.00. The van der Waals surface area contributed by atoms with E-state index in [9.17, 15) is 4.79 Å². The molecule has 1 amide bonds. The quantitative estimate of drug-likeness (QED) is 0.864. The average molecular weight is 276 g/mol. The number of hydrogen-bond donors (Lipinski definition) is 1. The van der Waals surface area contributed by atoms with E-state index < -0.39 is 0 Å². The van der Waals surface area contributed by atoms with Crippen LogP contribution in [0.3, 0.4) is 0 Å². The Labute approximate surface area is 121 Å². The summed E-state index contributed by atoms with van der Waals surface area (Å²) < 4.78 is 5.61. The van der Waals surface area contributed by atoms with Gasteiger partial charge in [-0.3, -0.25) is 4.79 Å². The van der Waals surface area contributed by atoms with Gasteiger partial charge in [-0.1, -0.05) is 18.2 Å². The summed E-state index contributed by atoms with van der Waals surface area (Å²) in [7, 11) is 0. The second-order valence-corrected chi connectivity index (χ2v) is 5.45. The van der Waals surface area contributed by atoms with Gasteiger partial charge in [0.1, 0.15) is 5.75 Å². The molecule has 0 spiro atoms. The summed E-state index contributed by atoms with van der Waals surface area (Å²) in [6.45, 7) is 6.50. The van der Waals surface area contributed by atoms with Gasteiger partial charge in [-0.25, -0.2) is 0 Å². The fraction of sp³-hybridized carbons (Fsp3) is 0.562. The minimum Gasteiger partial charge on any atom is -0.493 e. The summed E-state index contributed by atoms with van der Waals surface area (Å²) in [5.41, 5.74) is 0. The largest absolute Gasteiger partial charge is 0.493 e. The number of nitrogens with zero attached hydrogens (tertiary/aromatic N) is 1. The van der Waals surface area contributed by atoms with Crippen molar-refractivity contribution < 1.29 is 9.53 Å². The summed E-state index contributed by atoms with van der Waals surface area (Å²) in [6, 6.07) is 10.2. The number of hydrogen-bond acceptors (Lipinski definition) is 3. The molecule has 1 aromatic carbocycles. The van der Waals surface area contributed by atoms with Gasteiger partial charge in [-0.15, -0.1) is 0 Å². The lowest BCUT2D eigenvalue weighted by molar-refractivity contribution is -0.135. The van der Waals surface area contributed by atoms with E-state index in [1.807, 2.05) is 35.2 Å². The van der Waals surface area contributed by atoms with Crippen LogP contribution in [0.25, 0.3) is 0 Å². The van der Waals surface area contributed by atoms with Crippen molar-refractivity contribution in [3.05, 3.63) is 30.3 Å². The van der Waals surface area contributed by atoms with E-state index in [0.717, 1.165) is 25.3 Å². The number of benzene rings is 1. The Kier molecular flexibility index (Phi) is 5.41. The molecule has 1 atom stereocenters. The highest BCUT2D eigenvalue weighted by atomic mass is 16.5. The van der Waals surface area contributed by atoms with Crippen molar-refractivity contribution in [3.8, 4) is 5.75 Å². The van der Waals surface area contributed by atoms with E-state index in [1.165, 1.54) is 0 Å². The normalized spacial score (nSPS) is 18.2. The van der Waals surface area contributed by atoms with Crippen molar-refractivity contribution in [2.24, 2.45) is 0 Å².